The fourth-order valence-corrected chi connectivity index (χ4v) is 3.46. The number of urea groups is 1. The van der Waals surface area contributed by atoms with E-state index in [0.29, 0.717) is 26.6 Å². The number of carbonyl (C=O) groups excluding carboxylic acids is 2. The van der Waals surface area contributed by atoms with Gasteiger partial charge < -0.3 is 11.6 Å². The summed E-state index contributed by atoms with van der Waals surface area (Å²) in [5.41, 5.74) is 5.55. The first-order valence-corrected chi connectivity index (χ1v) is 8.77. The Morgan fingerprint density at radius 1 is 1.28 bits per heavy atom. The summed E-state index contributed by atoms with van der Waals surface area (Å²) in [7, 11) is 0. The second-order valence-electron chi connectivity index (χ2n) is 5.44. The van der Waals surface area contributed by atoms with Crippen molar-refractivity contribution in [2.24, 2.45) is 11.7 Å². The van der Waals surface area contributed by atoms with Crippen LogP contribution in [0.4, 0.5) is 4.79 Å². The van der Waals surface area contributed by atoms with E-state index in [1.165, 1.54) is 4.68 Å². The molecule has 1 aromatic carbocycles. The highest BCUT2D eigenvalue weighted by atomic mass is 35.5. The van der Waals surface area contributed by atoms with Crippen LogP contribution in [0.15, 0.2) is 23.4 Å². The predicted octanol–water partition coefficient (Wildman–Crippen LogP) is 2.28. The summed E-state index contributed by atoms with van der Waals surface area (Å²) in [4.78, 5) is 23.0. The van der Waals surface area contributed by atoms with Gasteiger partial charge in [0.15, 0.2) is 5.82 Å². The highest BCUT2D eigenvalue weighted by molar-refractivity contribution is 8.00. The summed E-state index contributed by atoms with van der Waals surface area (Å²) < 4.78 is 1.23. The van der Waals surface area contributed by atoms with Crippen molar-refractivity contribution in [3.8, 4) is 11.4 Å². The van der Waals surface area contributed by atoms with E-state index in [1.54, 1.807) is 18.2 Å². The third-order valence-corrected chi connectivity index (χ3v) is 5.23. The lowest BCUT2D eigenvalue weighted by Crippen LogP contribution is -2.42. The summed E-state index contributed by atoms with van der Waals surface area (Å²) in [6.07, 6.45) is 0. The van der Waals surface area contributed by atoms with Gasteiger partial charge in [0.2, 0.25) is 11.1 Å². The van der Waals surface area contributed by atoms with Crippen molar-refractivity contribution in [3.05, 3.63) is 28.2 Å². The van der Waals surface area contributed by atoms with Crippen molar-refractivity contribution >= 4 is 46.9 Å². The molecule has 1 heterocycles. The van der Waals surface area contributed by atoms with Crippen LogP contribution in [-0.2, 0) is 4.79 Å². The van der Waals surface area contributed by atoms with Gasteiger partial charge in [-0.3, -0.25) is 10.1 Å². The van der Waals surface area contributed by atoms with Crippen LogP contribution < -0.4 is 16.9 Å². The fraction of sp³-hybridized carbons (Fsp3) is 0.286. The van der Waals surface area contributed by atoms with E-state index in [4.69, 9.17) is 34.8 Å². The summed E-state index contributed by atoms with van der Waals surface area (Å²) in [5.74, 6) is 5.74. The molecule has 0 spiro atoms. The summed E-state index contributed by atoms with van der Waals surface area (Å²) in [6, 6.07) is 3.98. The number of aromatic nitrogens is 3. The van der Waals surface area contributed by atoms with Crippen molar-refractivity contribution in [2.45, 2.75) is 24.3 Å². The van der Waals surface area contributed by atoms with Gasteiger partial charge in [0, 0.05) is 10.6 Å². The van der Waals surface area contributed by atoms with E-state index < -0.39 is 17.2 Å². The molecule has 0 saturated heterocycles. The SMILES string of the molecule is CC(C)[C@H](Sc1nnc(-c2ccc(Cl)cc2Cl)n1N)C(=O)NC(N)=O. The molecule has 5 N–H and O–H groups in total. The fourth-order valence-electron chi connectivity index (χ4n) is 2.01. The Bertz CT molecular complexity index is 811. The van der Waals surface area contributed by atoms with Crippen LogP contribution >= 0.6 is 35.0 Å². The Hall–Kier alpha value is -1.97. The molecule has 11 heteroatoms. The first-order chi connectivity index (χ1) is 11.7. The number of carbonyl (C=O) groups is 2. The Morgan fingerprint density at radius 3 is 2.52 bits per heavy atom. The first kappa shape index (κ1) is 19.4. The van der Waals surface area contributed by atoms with Crippen LogP contribution in [0.2, 0.25) is 10.0 Å². The topological polar surface area (TPSA) is 129 Å². The second-order valence-corrected chi connectivity index (χ2v) is 7.39. The van der Waals surface area contributed by atoms with Gasteiger partial charge in [-0.25, -0.2) is 9.47 Å². The van der Waals surface area contributed by atoms with Crippen LogP contribution in [-0.4, -0.2) is 32.1 Å². The highest BCUT2D eigenvalue weighted by Crippen LogP contribution is 2.32. The standard InChI is InChI=1S/C14H16Cl2N6O2S/c1-6(2)10(12(23)19-13(17)24)25-14-21-20-11(22(14)18)8-4-3-7(15)5-9(8)16/h3-6,10H,18H2,1-2H3,(H3,17,19,23,24)/t10-/m0/s1. The van der Waals surface area contributed by atoms with E-state index in [0.717, 1.165) is 11.8 Å². The van der Waals surface area contributed by atoms with Crippen LogP contribution in [0.3, 0.4) is 0 Å². The molecule has 0 aliphatic carbocycles. The van der Waals surface area contributed by atoms with Gasteiger partial charge in [-0.1, -0.05) is 48.8 Å². The second kappa shape index (κ2) is 7.94. The smallest absolute Gasteiger partial charge is 0.318 e. The van der Waals surface area contributed by atoms with E-state index in [1.807, 2.05) is 13.8 Å². The number of amides is 3. The number of nitrogen functional groups attached to an aromatic ring is 1. The minimum atomic E-state index is -0.917. The predicted molar refractivity (Wildman–Crippen MR) is 97.8 cm³/mol. The highest BCUT2D eigenvalue weighted by Gasteiger charge is 2.27. The number of hydrogen-bond donors (Lipinski definition) is 3. The maximum atomic E-state index is 12.1. The van der Waals surface area contributed by atoms with Gasteiger partial charge in [-0.2, -0.15) is 0 Å². The molecule has 1 atom stereocenters. The molecule has 0 aliphatic rings. The molecule has 134 valence electrons. The van der Waals surface area contributed by atoms with Crippen molar-refractivity contribution in [1.29, 1.82) is 0 Å². The normalized spacial score (nSPS) is 12.2. The van der Waals surface area contributed by atoms with Crippen molar-refractivity contribution in [2.75, 3.05) is 5.84 Å². The molecule has 0 aliphatic heterocycles. The van der Waals surface area contributed by atoms with Crippen LogP contribution in [0.25, 0.3) is 11.4 Å². The Morgan fingerprint density at radius 2 is 1.96 bits per heavy atom. The quantitative estimate of drug-likeness (QED) is 0.519. The number of nitrogens with zero attached hydrogens (tertiary/aromatic N) is 3. The van der Waals surface area contributed by atoms with E-state index in [-0.39, 0.29) is 5.92 Å². The molecule has 3 amide bonds. The number of rotatable bonds is 5. The maximum Gasteiger partial charge on any atom is 0.318 e. The van der Waals surface area contributed by atoms with Crippen LogP contribution in [0, 0.1) is 5.92 Å². The third kappa shape index (κ3) is 4.56. The number of nitrogens with two attached hydrogens (primary N) is 2. The number of hydrogen-bond acceptors (Lipinski definition) is 6. The van der Waals surface area contributed by atoms with E-state index in [2.05, 4.69) is 15.5 Å². The summed E-state index contributed by atoms with van der Waals surface area (Å²) in [6.45, 7) is 3.65. The minimum absolute atomic E-state index is 0.108. The monoisotopic (exact) mass is 402 g/mol. The van der Waals surface area contributed by atoms with Crippen molar-refractivity contribution < 1.29 is 9.59 Å². The average molecular weight is 403 g/mol. The van der Waals surface area contributed by atoms with Gasteiger partial charge in [0.25, 0.3) is 0 Å². The first-order valence-electron chi connectivity index (χ1n) is 7.13. The largest absolute Gasteiger partial charge is 0.351 e. The molecule has 0 fully saturated rings. The lowest BCUT2D eigenvalue weighted by Gasteiger charge is -2.17. The summed E-state index contributed by atoms with van der Waals surface area (Å²) in [5, 5.41) is 10.6. The number of nitrogens with one attached hydrogen (secondary N) is 1. The summed E-state index contributed by atoms with van der Waals surface area (Å²) >= 11 is 13.1. The number of primary amides is 1. The molecule has 0 bridgehead atoms. The van der Waals surface area contributed by atoms with Gasteiger partial charge in [0.1, 0.15) is 0 Å². The maximum absolute atomic E-state index is 12.1. The number of benzene rings is 1. The third-order valence-electron chi connectivity index (χ3n) is 3.18. The Balaban J connectivity index is 2.30. The Kier molecular flexibility index (Phi) is 6.15. The zero-order valence-electron chi connectivity index (χ0n) is 13.4. The molecule has 25 heavy (non-hydrogen) atoms. The lowest BCUT2D eigenvalue weighted by atomic mass is 10.1. The molecule has 0 unspecified atom stereocenters. The van der Waals surface area contributed by atoms with Gasteiger partial charge in [-0.05, 0) is 24.1 Å². The van der Waals surface area contributed by atoms with Gasteiger partial charge in [0.05, 0.1) is 10.3 Å². The molecule has 0 radical (unpaired) electrons. The molecule has 8 nitrogen and oxygen atoms in total. The molecular formula is C14H16Cl2N6O2S. The number of imide groups is 1. The Labute approximate surface area is 158 Å². The number of halogens is 2. The number of thioether (sulfide) groups is 1. The molecule has 2 rings (SSSR count). The van der Waals surface area contributed by atoms with Crippen molar-refractivity contribution in [1.82, 2.24) is 20.2 Å². The molecular weight excluding hydrogens is 387 g/mol. The lowest BCUT2D eigenvalue weighted by molar-refractivity contribution is -0.120. The molecule has 1 aromatic heterocycles. The van der Waals surface area contributed by atoms with E-state index >= 15 is 0 Å². The average Bonchev–Trinajstić information content (AvgIpc) is 2.84. The molecule has 0 saturated carbocycles. The van der Waals surface area contributed by atoms with Crippen LogP contribution in [0.5, 0.6) is 0 Å². The zero-order valence-corrected chi connectivity index (χ0v) is 15.7. The van der Waals surface area contributed by atoms with E-state index in [9.17, 15) is 9.59 Å². The zero-order chi connectivity index (χ0) is 18.7. The molecule has 2 aromatic rings. The van der Waals surface area contributed by atoms with Crippen LogP contribution in [0.1, 0.15) is 13.8 Å². The van der Waals surface area contributed by atoms with Crippen molar-refractivity contribution in [3.63, 3.8) is 0 Å². The van der Waals surface area contributed by atoms with Gasteiger partial charge >= 0.3 is 6.03 Å². The van der Waals surface area contributed by atoms with Gasteiger partial charge in [-0.15, -0.1) is 10.2 Å². The minimum Gasteiger partial charge on any atom is -0.351 e.